The van der Waals surface area contributed by atoms with E-state index in [4.69, 9.17) is 15.2 Å². The van der Waals surface area contributed by atoms with Gasteiger partial charge in [0.1, 0.15) is 11.8 Å². The van der Waals surface area contributed by atoms with E-state index < -0.39 is 6.04 Å². The average molecular weight is 403 g/mol. The van der Waals surface area contributed by atoms with Crippen LogP contribution in [0.1, 0.15) is 35.6 Å². The molecule has 6 heteroatoms. The lowest BCUT2D eigenvalue weighted by molar-refractivity contribution is -0.142. The van der Waals surface area contributed by atoms with Crippen LogP contribution in [0.15, 0.2) is 48.5 Å². The Hall–Kier alpha value is -2.08. The third-order valence-corrected chi connectivity index (χ3v) is 5.86. The summed E-state index contributed by atoms with van der Waals surface area (Å²) in [5, 5.41) is 0. The molecule has 2 aliphatic heterocycles. The molecule has 150 valence electrons. The van der Waals surface area contributed by atoms with Crippen LogP contribution in [0.5, 0.6) is 5.75 Å². The fourth-order valence-electron chi connectivity index (χ4n) is 4.28. The van der Waals surface area contributed by atoms with Crippen molar-refractivity contribution in [2.75, 3.05) is 26.8 Å². The van der Waals surface area contributed by atoms with Gasteiger partial charge in [-0.3, -0.25) is 4.79 Å². The summed E-state index contributed by atoms with van der Waals surface area (Å²) in [5.74, 6) is 0.870. The molecule has 1 saturated heterocycles. The topological polar surface area (TPSA) is 64.8 Å². The molecule has 1 fully saturated rings. The Bertz CT molecular complexity index is 820. The SMILES string of the molecule is COc1ccc2c(c1)CCOC21CCN(C(=O)[C@H](N)c2ccccc2)CC1.Cl. The Balaban J connectivity index is 0.00000225. The molecular formula is C22H27ClN2O3. The van der Waals surface area contributed by atoms with Crippen LogP contribution in [0.3, 0.4) is 0 Å². The second kappa shape index (κ2) is 8.52. The number of fused-ring (bicyclic) bond motifs is 2. The molecule has 2 N–H and O–H groups in total. The van der Waals surface area contributed by atoms with Crippen LogP contribution < -0.4 is 10.5 Å². The Labute approximate surface area is 172 Å². The number of carbonyl (C=O) groups is 1. The minimum Gasteiger partial charge on any atom is -0.497 e. The zero-order chi connectivity index (χ0) is 18.9. The first-order valence-electron chi connectivity index (χ1n) is 9.54. The summed E-state index contributed by atoms with van der Waals surface area (Å²) >= 11 is 0. The van der Waals surface area contributed by atoms with E-state index in [1.807, 2.05) is 41.3 Å². The molecule has 1 atom stereocenters. The first kappa shape index (κ1) is 20.6. The predicted molar refractivity (Wildman–Crippen MR) is 111 cm³/mol. The number of carbonyl (C=O) groups excluding carboxylic acids is 1. The Morgan fingerprint density at radius 1 is 1.18 bits per heavy atom. The minimum absolute atomic E-state index is 0. The molecule has 0 aliphatic carbocycles. The van der Waals surface area contributed by atoms with Gasteiger partial charge in [-0.05, 0) is 48.1 Å². The van der Waals surface area contributed by atoms with Gasteiger partial charge in [0.25, 0.3) is 0 Å². The number of nitrogens with zero attached hydrogens (tertiary/aromatic N) is 1. The van der Waals surface area contributed by atoms with Gasteiger partial charge in [0.2, 0.25) is 5.91 Å². The number of rotatable bonds is 3. The summed E-state index contributed by atoms with van der Waals surface area (Å²) in [5.41, 5.74) is 9.31. The molecule has 5 nitrogen and oxygen atoms in total. The second-order valence-corrected chi connectivity index (χ2v) is 7.33. The van der Waals surface area contributed by atoms with E-state index in [1.165, 1.54) is 11.1 Å². The van der Waals surface area contributed by atoms with Crippen LogP contribution >= 0.6 is 12.4 Å². The maximum atomic E-state index is 12.8. The number of hydrogen-bond acceptors (Lipinski definition) is 4. The molecule has 28 heavy (non-hydrogen) atoms. The molecule has 0 aromatic heterocycles. The van der Waals surface area contributed by atoms with Gasteiger partial charge in [0.05, 0.1) is 19.3 Å². The van der Waals surface area contributed by atoms with E-state index in [0.717, 1.165) is 30.6 Å². The molecule has 2 aromatic carbocycles. The summed E-state index contributed by atoms with van der Waals surface area (Å²) in [6.45, 7) is 2.02. The van der Waals surface area contributed by atoms with Gasteiger partial charge >= 0.3 is 0 Å². The smallest absolute Gasteiger partial charge is 0.244 e. The van der Waals surface area contributed by atoms with Gasteiger partial charge in [-0.25, -0.2) is 0 Å². The fourth-order valence-corrected chi connectivity index (χ4v) is 4.28. The second-order valence-electron chi connectivity index (χ2n) is 7.33. The van der Waals surface area contributed by atoms with Crippen LogP contribution in [0.25, 0.3) is 0 Å². The number of halogens is 1. The molecule has 2 aliphatic rings. The molecule has 2 aromatic rings. The molecule has 0 unspecified atom stereocenters. The van der Waals surface area contributed by atoms with Crippen LogP contribution in [0.4, 0.5) is 0 Å². The number of piperidine rings is 1. The van der Waals surface area contributed by atoms with Crippen molar-refractivity contribution in [2.45, 2.75) is 30.9 Å². The van der Waals surface area contributed by atoms with Crippen molar-refractivity contribution in [3.63, 3.8) is 0 Å². The highest BCUT2D eigenvalue weighted by Crippen LogP contribution is 2.42. The fraction of sp³-hybridized carbons (Fsp3) is 0.409. The number of amides is 1. The van der Waals surface area contributed by atoms with Gasteiger partial charge < -0.3 is 20.1 Å². The molecule has 4 rings (SSSR count). The lowest BCUT2D eigenvalue weighted by Gasteiger charge is -2.45. The van der Waals surface area contributed by atoms with Crippen molar-refractivity contribution in [2.24, 2.45) is 5.73 Å². The highest BCUT2D eigenvalue weighted by molar-refractivity contribution is 5.85. The minimum atomic E-state index is -0.607. The highest BCUT2D eigenvalue weighted by Gasteiger charge is 2.42. The zero-order valence-corrected chi connectivity index (χ0v) is 16.9. The molecule has 1 amide bonds. The molecule has 1 spiro atoms. The standard InChI is InChI=1S/C22H26N2O3.ClH/c1-26-18-7-8-19-17(15-18)9-14-27-22(19)10-12-24(13-11-22)21(25)20(23)16-5-3-2-4-6-16;/h2-8,15,20H,9-14,23H2,1H3;1H/t20-;/m1./s1. The normalized spacial score (nSPS) is 18.7. The lowest BCUT2D eigenvalue weighted by atomic mass is 9.79. The lowest BCUT2D eigenvalue weighted by Crippen LogP contribution is -2.50. The van der Waals surface area contributed by atoms with E-state index in [9.17, 15) is 4.79 Å². The van der Waals surface area contributed by atoms with Crippen molar-refractivity contribution in [3.05, 3.63) is 65.2 Å². The summed E-state index contributed by atoms with van der Waals surface area (Å²) in [6, 6.07) is 15.2. The van der Waals surface area contributed by atoms with E-state index in [1.54, 1.807) is 7.11 Å². The van der Waals surface area contributed by atoms with Gasteiger partial charge in [-0.2, -0.15) is 0 Å². The maximum absolute atomic E-state index is 12.8. The van der Waals surface area contributed by atoms with Crippen molar-refractivity contribution in [1.82, 2.24) is 4.90 Å². The van der Waals surface area contributed by atoms with E-state index >= 15 is 0 Å². The number of benzene rings is 2. The average Bonchev–Trinajstić information content (AvgIpc) is 2.74. The molecular weight excluding hydrogens is 376 g/mol. The summed E-state index contributed by atoms with van der Waals surface area (Å²) < 4.78 is 11.6. The molecule has 0 radical (unpaired) electrons. The Kier molecular flexibility index (Phi) is 6.28. The van der Waals surface area contributed by atoms with E-state index in [0.29, 0.717) is 19.7 Å². The first-order valence-corrected chi connectivity index (χ1v) is 9.54. The predicted octanol–water partition coefficient (Wildman–Crippen LogP) is 3.21. The van der Waals surface area contributed by atoms with Crippen LogP contribution in [0, 0.1) is 0 Å². The van der Waals surface area contributed by atoms with Crippen molar-refractivity contribution in [3.8, 4) is 5.75 Å². The van der Waals surface area contributed by atoms with Gasteiger partial charge in [0, 0.05) is 13.1 Å². The maximum Gasteiger partial charge on any atom is 0.244 e. The van der Waals surface area contributed by atoms with Gasteiger partial charge in [-0.1, -0.05) is 36.4 Å². The van der Waals surface area contributed by atoms with Crippen LogP contribution in [0.2, 0.25) is 0 Å². The van der Waals surface area contributed by atoms with Gasteiger partial charge in [-0.15, -0.1) is 12.4 Å². The molecule has 0 bridgehead atoms. The summed E-state index contributed by atoms with van der Waals surface area (Å²) in [7, 11) is 1.69. The van der Waals surface area contributed by atoms with Crippen molar-refractivity contribution in [1.29, 1.82) is 0 Å². The highest BCUT2D eigenvalue weighted by atomic mass is 35.5. The molecule has 2 heterocycles. The summed E-state index contributed by atoms with van der Waals surface area (Å²) in [4.78, 5) is 14.7. The number of hydrogen-bond donors (Lipinski definition) is 1. The Morgan fingerprint density at radius 3 is 2.57 bits per heavy atom. The Morgan fingerprint density at radius 2 is 1.89 bits per heavy atom. The first-order chi connectivity index (χ1) is 13.1. The number of ether oxygens (including phenoxy) is 2. The van der Waals surface area contributed by atoms with Crippen molar-refractivity contribution < 1.29 is 14.3 Å². The van der Waals surface area contributed by atoms with E-state index in [-0.39, 0.29) is 23.9 Å². The number of nitrogens with two attached hydrogens (primary N) is 1. The van der Waals surface area contributed by atoms with Gasteiger partial charge in [0.15, 0.2) is 0 Å². The third-order valence-electron chi connectivity index (χ3n) is 5.86. The zero-order valence-electron chi connectivity index (χ0n) is 16.1. The van der Waals surface area contributed by atoms with E-state index in [2.05, 4.69) is 12.1 Å². The number of likely N-dealkylation sites (tertiary alicyclic amines) is 1. The van der Waals surface area contributed by atoms with Crippen molar-refractivity contribution >= 4 is 18.3 Å². The quantitative estimate of drug-likeness (QED) is 0.856. The van der Waals surface area contributed by atoms with Crippen LogP contribution in [-0.4, -0.2) is 37.6 Å². The number of methoxy groups -OCH3 is 1. The third kappa shape index (κ3) is 3.75. The summed E-state index contributed by atoms with van der Waals surface area (Å²) in [6.07, 6.45) is 2.48. The monoisotopic (exact) mass is 402 g/mol. The molecule has 0 saturated carbocycles. The van der Waals surface area contributed by atoms with Crippen LogP contribution in [-0.2, 0) is 21.6 Å². The largest absolute Gasteiger partial charge is 0.497 e.